The average Bonchev–Trinajstić information content (AvgIpc) is 2.57. The molecule has 15 heavy (non-hydrogen) atoms. The van der Waals surface area contributed by atoms with Gasteiger partial charge in [-0.15, -0.1) is 0 Å². The monoisotopic (exact) mass is 202 g/mol. The Hall–Kier alpha value is -1.28. The van der Waals surface area contributed by atoms with E-state index in [0.29, 0.717) is 0 Å². The molecule has 0 saturated carbocycles. The smallest absolute Gasteiger partial charge is 0.0479 e. The molecule has 1 aromatic carbocycles. The van der Waals surface area contributed by atoms with E-state index in [9.17, 15) is 0 Å². The van der Waals surface area contributed by atoms with Crippen molar-refractivity contribution in [3.05, 3.63) is 36.0 Å². The molecule has 0 aliphatic carbocycles. The maximum absolute atomic E-state index is 5.50. The Morgan fingerprint density at radius 2 is 2.00 bits per heavy atom. The highest BCUT2D eigenvalue weighted by atomic mass is 14.9. The predicted molar refractivity (Wildman–Crippen MR) is 64.9 cm³/mol. The van der Waals surface area contributed by atoms with E-state index in [1.807, 2.05) is 0 Å². The van der Waals surface area contributed by atoms with Gasteiger partial charge in [-0.3, -0.25) is 0 Å². The van der Waals surface area contributed by atoms with E-state index in [0.717, 1.165) is 19.4 Å². The second kappa shape index (κ2) is 4.49. The van der Waals surface area contributed by atoms with Gasteiger partial charge in [0, 0.05) is 18.3 Å². The van der Waals surface area contributed by atoms with E-state index < -0.39 is 0 Å². The van der Waals surface area contributed by atoms with Crippen LogP contribution in [0.5, 0.6) is 0 Å². The molecule has 1 aromatic heterocycles. The summed E-state index contributed by atoms with van der Waals surface area (Å²) < 4.78 is 2.28. The SMILES string of the molecule is Cn1c(CCCCN)cc2ccccc21. The van der Waals surface area contributed by atoms with Crippen LogP contribution in [-0.4, -0.2) is 11.1 Å². The first kappa shape index (κ1) is 10.2. The van der Waals surface area contributed by atoms with E-state index in [-0.39, 0.29) is 0 Å². The third kappa shape index (κ3) is 2.05. The zero-order chi connectivity index (χ0) is 10.7. The molecule has 0 saturated heterocycles. The van der Waals surface area contributed by atoms with Crippen LogP contribution in [0, 0.1) is 0 Å². The third-order valence-electron chi connectivity index (χ3n) is 2.94. The first-order chi connectivity index (χ1) is 7.33. The topological polar surface area (TPSA) is 30.9 Å². The molecule has 0 fully saturated rings. The summed E-state index contributed by atoms with van der Waals surface area (Å²) >= 11 is 0. The number of para-hydroxylation sites is 1. The van der Waals surface area contributed by atoms with Crippen molar-refractivity contribution >= 4 is 10.9 Å². The minimum Gasteiger partial charge on any atom is -0.348 e. The van der Waals surface area contributed by atoms with Crippen LogP contribution in [-0.2, 0) is 13.5 Å². The number of fused-ring (bicyclic) bond motifs is 1. The quantitative estimate of drug-likeness (QED) is 0.759. The van der Waals surface area contributed by atoms with E-state index in [1.54, 1.807) is 0 Å². The maximum Gasteiger partial charge on any atom is 0.0479 e. The molecule has 2 N–H and O–H groups in total. The van der Waals surface area contributed by atoms with Gasteiger partial charge in [-0.1, -0.05) is 18.2 Å². The lowest BCUT2D eigenvalue weighted by Crippen LogP contribution is -2.01. The Labute approximate surface area is 90.7 Å². The van der Waals surface area contributed by atoms with E-state index >= 15 is 0 Å². The Morgan fingerprint density at radius 1 is 1.20 bits per heavy atom. The number of nitrogens with two attached hydrogens (primary N) is 1. The number of aromatic nitrogens is 1. The molecular weight excluding hydrogens is 184 g/mol. The van der Waals surface area contributed by atoms with Gasteiger partial charge >= 0.3 is 0 Å². The van der Waals surface area contributed by atoms with Gasteiger partial charge in [-0.05, 0) is 43.3 Å². The van der Waals surface area contributed by atoms with Crippen LogP contribution in [0.4, 0.5) is 0 Å². The number of aryl methyl sites for hydroxylation is 2. The van der Waals surface area contributed by atoms with Crippen LogP contribution in [0.3, 0.4) is 0 Å². The summed E-state index contributed by atoms with van der Waals surface area (Å²) in [7, 11) is 2.14. The van der Waals surface area contributed by atoms with Gasteiger partial charge in [0.15, 0.2) is 0 Å². The number of unbranched alkanes of at least 4 members (excludes halogenated alkanes) is 1. The zero-order valence-electron chi connectivity index (χ0n) is 9.24. The number of benzene rings is 1. The van der Waals surface area contributed by atoms with Gasteiger partial charge in [0.05, 0.1) is 0 Å². The highest BCUT2D eigenvalue weighted by molar-refractivity contribution is 5.81. The molecule has 0 atom stereocenters. The fourth-order valence-corrected chi connectivity index (χ4v) is 2.04. The summed E-state index contributed by atoms with van der Waals surface area (Å²) in [5.41, 5.74) is 8.23. The van der Waals surface area contributed by atoms with E-state index in [1.165, 1.54) is 23.0 Å². The van der Waals surface area contributed by atoms with Crippen molar-refractivity contribution in [2.24, 2.45) is 12.8 Å². The Kier molecular flexibility index (Phi) is 3.07. The van der Waals surface area contributed by atoms with Crippen molar-refractivity contribution in [3.63, 3.8) is 0 Å². The second-order valence-corrected chi connectivity index (χ2v) is 4.00. The molecular formula is C13H18N2. The Morgan fingerprint density at radius 3 is 2.73 bits per heavy atom. The van der Waals surface area contributed by atoms with Crippen LogP contribution < -0.4 is 5.73 Å². The van der Waals surface area contributed by atoms with Crippen molar-refractivity contribution in [2.45, 2.75) is 19.3 Å². The molecule has 2 heteroatoms. The summed E-state index contributed by atoms with van der Waals surface area (Å²) in [4.78, 5) is 0. The molecule has 1 heterocycles. The van der Waals surface area contributed by atoms with Gasteiger partial charge < -0.3 is 10.3 Å². The molecule has 0 bridgehead atoms. The minimum absolute atomic E-state index is 0.796. The highest BCUT2D eigenvalue weighted by Gasteiger charge is 2.03. The van der Waals surface area contributed by atoms with Gasteiger partial charge in [-0.25, -0.2) is 0 Å². The van der Waals surface area contributed by atoms with Crippen molar-refractivity contribution in [3.8, 4) is 0 Å². The fraction of sp³-hybridized carbons (Fsp3) is 0.385. The molecule has 2 aromatic rings. The molecule has 0 amide bonds. The number of hydrogen-bond donors (Lipinski definition) is 1. The van der Waals surface area contributed by atoms with Crippen molar-refractivity contribution < 1.29 is 0 Å². The lowest BCUT2D eigenvalue weighted by molar-refractivity contribution is 0.711. The number of hydrogen-bond acceptors (Lipinski definition) is 1. The largest absolute Gasteiger partial charge is 0.348 e. The maximum atomic E-state index is 5.50. The van der Waals surface area contributed by atoms with Crippen molar-refractivity contribution in [1.82, 2.24) is 4.57 Å². The third-order valence-corrected chi connectivity index (χ3v) is 2.94. The van der Waals surface area contributed by atoms with E-state index in [4.69, 9.17) is 5.73 Å². The van der Waals surface area contributed by atoms with Crippen LogP contribution in [0.2, 0.25) is 0 Å². The van der Waals surface area contributed by atoms with Crippen LogP contribution in [0.25, 0.3) is 10.9 Å². The normalized spacial score (nSPS) is 11.1. The predicted octanol–water partition coefficient (Wildman–Crippen LogP) is 2.46. The second-order valence-electron chi connectivity index (χ2n) is 4.00. The van der Waals surface area contributed by atoms with Gasteiger partial charge in [0.1, 0.15) is 0 Å². The van der Waals surface area contributed by atoms with Gasteiger partial charge in [0.25, 0.3) is 0 Å². The van der Waals surface area contributed by atoms with Crippen LogP contribution in [0.1, 0.15) is 18.5 Å². The van der Waals surface area contributed by atoms with Gasteiger partial charge in [0.2, 0.25) is 0 Å². The van der Waals surface area contributed by atoms with Crippen molar-refractivity contribution in [1.29, 1.82) is 0 Å². The molecule has 2 nitrogen and oxygen atoms in total. The molecule has 80 valence electrons. The number of nitrogens with zero attached hydrogens (tertiary/aromatic N) is 1. The standard InChI is InChI=1S/C13H18N2/c1-15-12(7-4-5-9-14)10-11-6-2-3-8-13(11)15/h2-3,6,8,10H,4-5,7,9,14H2,1H3. The molecule has 0 radical (unpaired) electrons. The van der Waals surface area contributed by atoms with Crippen LogP contribution in [0.15, 0.2) is 30.3 Å². The summed E-state index contributed by atoms with van der Waals surface area (Å²) in [6.07, 6.45) is 3.42. The lowest BCUT2D eigenvalue weighted by atomic mass is 10.2. The van der Waals surface area contributed by atoms with Gasteiger partial charge in [-0.2, -0.15) is 0 Å². The van der Waals surface area contributed by atoms with Crippen molar-refractivity contribution in [2.75, 3.05) is 6.54 Å². The fourth-order valence-electron chi connectivity index (χ4n) is 2.04. The van der Waals surface area contributed by atoms with E-state index in [2.05, 4.69) is 41.9 Å². The minimum atomic E-state index is 0.796. The first-order valence-electron chi connectivity index (χ1n) is 5.56. The zero-order valence-corrected chi connectivity index (χ0v) is 9.24. The molecule has 2 rings (SSSR count). The Balaban J connectivity index is 2.24. The summed E-state index contributed by atoms with van der Waals surface area (Å²) in [5.74, 6) is 0. The molecule has 0 unspecified atom stereocenters. The molecule has 0 aliphatic rings. The lowest BCUT2D eigenvalue weighted by Gasteiger charge is -2.03. The molecule has 0 aliphatic heterocycles. The highest BCUT2D eigenvalue weighted by Crippen LogP contribution is 2.19. The Bertz CT molecular complexity index is 443. The first-order valence-corrected chi connectivity index (χ1v) is 5.56. The number of rotatable bonds is 4. The summed E-state index contributed by atoms with van der Waals surface area (Å²) in [6, 6.07) is 10.8. The average molecular weight is 202 g/mol. The molecule has 0 spiro atoms. The summed E-state index contributed by atoms with van der Waals surface area (Å²) in [6.45, 7) is 0.796. The summed E-state index contributed by atoms with van der Waals surface area (Å²) in [5, 5.41) is 1.34. The van der Waals surface area contributed by atoms with Crippen LogP contribution >= 0.6 is 0 Å².